The van der Waals surface area contributed by atoms with Crippen LogP contribution in [0, 0.1) is 12.7 Å². The summed E-state index contributed by atoms with van der Waals surface area (Å²) < 4.78 is 21.1. The second-order valence-electron chi connectivity index (χ2n) is 6.70. The van der Waals surface area contributed by atoms with Crippen LogP contribution < -0.4 is 16.6 Å². The lowest BCUT2D eigenvalue weighted by Gasteiger charge is -2.14. The van der Waals surface area contributed by atoms with Crippen LogP contribution >= 0.6 is 0 Å². The standard InChI is InChI=1S/C21H22FN3O4/c1-14-8-9-15(12-17(14)22)23-19(26)13-25-18-7-4-3-6-16(18)20(27)24(21(25)28)10-5-11-29-2/h3-4,6-9,12H,5,10-11,13H2,1-2H3,(H,23,26). The number of methoxy groups -OCH3 is 1. The van der Waals surface area contributed by atoms with E-state index in [-0.39, 0.29) is 13.1 Å². The fraction of sp³-hybridized carbons (Fsp3) is 0.286. The number of aryl methyl sites for hydroxylation is 1. The van der Waals surface area contributed by atoms with E-state index in [9.17, 15) is 18.8 Å². The molecule has 8 heteroatoms. The average Bonchev–Trinajstić information content (AvgIpc) is 2.70. The fourth-order valence-electron chi connectivity index (χ4n) is 3.10. The van der Waals surface area contributed by atoms with E-state index in [1.165, 1.54) is 10.6 Å². The van der Waals surface area contributed by atoms with Crippen molar-refractivity contribution in [3.63, 3.8) is 0 Å². The van der Waals surface area contributed by atoms with E-state index in [2.05, 4.69) is 5.32 Å². The second kappa shape index (κ2) is 8.83. The van der Waals surface area contributed by atoms with Gasteiger partial charge in [0, 0.05) is 25.9 Å². The number of hydrogen-bond donors (Lipinski definition) is 1. The van der Waals surface area contributed by atoms with Gasteiger partial charge >= 0.3 is 5.69 Å². The Balaban J connectivity index is 1.96. The Labute approximate surface area is 166 Å². The summed E-state index contributed by atoms with van der Waals surface area (Å²) in [5.74, 6) is -0.931. The van der Waals surface area contributed by atoms with Crippen molar-refractivity contribution in [3.05, 3.63) is 74.7 Å². The Morgan fingerprint density at radius 3 is 2.62 bits per heavy atom. The molecule has 0 aliphatic rings. The maximum Gasteiger partial charge on any atom is 0.331 e. The van der Waals surface area contributed by atoms with Gasteiger partial charge in [-0.3, -0.25) is 18.7 Å². The van der Waals surface area contributed by atoms with Crippen molar-refractivity contribution in [2.24, 2.45) is 0 Å². The van der Waals surface area contributed by atoms with Gasteiger partial charge in [0.2, 0.25) is 5.91 Å². The number of carbonyl (C=O) groups is 1. The summed E-state index contributed by atoms with van der Waals surface area (Å²) in [7, 11) is 1.54. The maximum absolute atomic E-state index is 13.7. The van der Waals surface area contributed by atoms with Crippen LogP contribution in [0.15, 0.2) is 52.1 Å². The highest BCUT2D eigenvalue weighted by atomic mass is 19.1. The highest BCUT2D eigenvalue weighted by Crippen LogP contribution is 2.14. The predicted molar refractivity (Wildman–Crippen MR) is 109 cm³/mol. The number of benzene rings is 2. The summed E-state index contributed by atoms with van der Waals surface area (Å²) in [6.45, 7) is 1.90. The average molecular weight is 399 g/mol. The number of aromatic nitrogens is 2. The molecular weight excluding hydrogens is 377 g/mol. The predicted octanol–water partition coefficient (Wildman–Crippen LogP) is 2.29. The maximum atomic E-state index is 13.7. The first kappa shape index (κ1) is 20.5. The molecule has 1 amide bonds. The molecule has 3 aromatic rings. The van der Waals surface area contributed by atoms with Crippen molar-refractivity contribution in [1.29, 1.82) is 0 Å². The van der Waals surface area contributed by atoms with Crippen LogP contribution in [0.4, 0.5) is 10.1 Å². The number of rotatable bonds is 7. The molecule has 0 bridgehead atoms. The van der Waals surface area contributed by atoms with E-state index in [0.717, 1.165) is 4.57 Å². The Hall–Kier alpha value is -3.26. The van der Waals surface area contributed by atoms with Crippen molar-refractivity contribution in [3.8, 4) is 0 Å². The molecule has 0 spiro atoms. The van der Waals surface area contributed by atoms with Crippen LogP contribution in [-0.2, 0) is 22.6 Å². The molecule has 0 aliphatic heterocycles. The Morgan fingerprint density at radius 2 is 1.90 bits per heavy atom. The molecule has 152 valence electrons. The van der Waals surface area contributed by atoms with Gasteiger partial charge in [-0.25, -0.2) is 9.18 Å². The molecule has 1 aromatic heterocycles. The minimum atomic E-state index is -0.574. The van der Waals surface area contributed by atoms with Gasteiger partial charge in [0.1, 0.15) is 12.4 Å². The number of ether oxygens (including phenoxy) is 1. The molecule has 0 atom stereocenters. The molecule has 0 aliphatic carbocycles. The minimum absolute atomic E-state index is 0.182. The van der Waals surface area contributed by atoms with Crippen LogP contribution in [0.2, 0.25) is 0 Å². The third-order valence-electron chi connectivity index (χ3n) is 4.62. The molecule has 7 nitrogen and oxygen atoms in total. The molecule has 0 unspecified atom stereocenters. The number of hydrogen-bond acceptors (Lipinski definition) is 4. The molecule has 0 radical (unpaired) electrons. The number of carbonyl (C=O) groups excluding carboxylic acids is 1. The molecule has 29 heavy (non-hydrogen) atoms. The van der Waals surface area contributed by atoms with Gasteiger partial charge in [0.05, 0.1) is 10.9 Å². The van der Waals surface area contributed by atoms with Crippen molar-refractivity contribution in [2.45, 2.75) is 26.4 Å². The lowest BCUT2D eigenvalue weighted by atomic mass is 10.2. The van der Waals surface area contributed by atoms with Crippen LogP contribution in [0.25, 0.3) is 10.9 Å². The fourth-order valence-corrected chi connectivity index (χ4v) is 3.10. The minimum Gasteiger partial charge on any atom is -0.385 e. The van der Waals surface area contributed by atoms with Gasteiger partial charge in [-0.2, -0.15) is 0 Å². The summed E-state index contributed by atoms with van der Waals surface area (Å²) in [5.41, 5.74) is 0.155. The molecule has 0 saturated carbocycles. The van der Waals surface area contributed by atoms with Gasteiger partial charge in [0.25, 0.3) is 5.56 Å². The molecular formula is C21H22FN3O4. The highest BCUT2D eigenvalue weighted by molar-refractivity contribution is 5.91. The molecule has 2 aromatic carbocycles. The third kappa shape index (κ3) is 4.43. The zero-order chi connectivity index (χ0) is 21.0. The van der Waals surface area contributed by atoms with E-state index in [1.54, 1.807) is 50.4 Å². The topological polar surface area (TPSA) is 82.3 Å². The summed E-state index contributed by atoms with van der Waals surface area (Å²) in [6.07, 6.45) is 0.485. The van der Waals surface area contributed by atoms with E-state index >= 15 is 0 Å². The monoisotopic (exact) mass is 399 g/mol. The molecule has 1 heterocycles. The molecule has 3 rings (SSSR count). The number of anilines is 1. The van der Waals surface area contributed by atoms with E-state index in [0.29, 0.717) is 35.2 Å². The number of fused-ring (bicyclic) bond motifs is 1. The first-order valence-corrected chi connectivity index (χ1v) is 9.19. The van der Waals surface area contributed by atoms with E-state index in [1.807, 2.05) is 0 Å². The second-order valence-corrected chi connectivity index (χ2v) is 6.70. The number of nitrogens with one attached hydrogen (secondary N) is 1. The number of para-hydroxylation sites is 1. The molecule has 0 saturated heterocycles. The Bertz CT molecular complexity index is 1170. The van der Waals surface area contributed by atoms with Gasteiger partial charge in [-0.15, -0.1) is 0 Å². The summed E-state index contributed by atoms with van der Waals surface area (Å²) in [4.78, 5) is 38.2. The van der Waals surface area contributed by atoms with Crippen LogP contribution in [-0.4, -0.2) is 28.8 Å². The zero-order valence-corrected chi connectivity index (χ0v) is 16.3. The van der Waals surface area contributed by atoms with Gasteiger partial charge < -0.3 is 10.1 Å². The van der Waals surface area contributed by atoms with Crippen molar-refractivity contribution in [1.82, 2.24) is 9.13 Å². The third-order valence-corrected chi connectivity index (χ3v) is 4.62. The lowest BCUT2D eigenvalue weighted by Crippen LogP contribution is -2.42. The normalized spacial score (nSPS) is 11.0. The van der Waals surface area contributed by atoms with Crippen molar-refractivity contribution >= 4 is 22.5 Å². The SMILES string of the molecule is COCCCn1c(=O)c2ccccc2n(CC(=O)Nc2ccc(C)c(F)c2)c1=O. The van der Waals surface area contributed by atoms with Gasteiger partial charge in [-0.05, 0) is 43.2 Å². The smallest absolute Gasteiger partial charge is 0.331 e. The van der Waals surface area contributed by atoms with Gasteiger partial charge in [0.15, 0.2) is 0 Å². The summed E-state index contributed by atoms with van der Waals surface area (Å²) in [6, 6.07) is 11.0. The highest BCUT2D eigenvalue weighted by Gasteiger charge is 2.15. The lowest BCUT2D eigenvalue weighted by molar-refractivity contribution is -0.116. The number of nitrogens with zero attached hydrogens (tertiary/aromatic N) is 2. The number of amides is 1. The molecule has 0 fully saturated rings. The first-order valence-electron chi connectivity index (χ1n) is 9.19. The molecule has 1 N–H and O–H groups in total. The number of halogens is 1. The van der Waals surface area contributed by atoms with Crippen LogP contribution in [0.1, 0.15) is 12.0 Å². The van der Waals surface area contributed by atoms with Gasteiger partial charge in [-0.1, -0.05) is 18.2 Å². The van der Waals surface area contributed by atoms with E-state index in [4.69, 9.17) is 4.74 Å². The largest absolute Gasteiger partial charge is 0.385 e. The zero-order valence-electron chi connectivity index (χ0n) is 16.3. The van der Waals surface area contributed by atoms with Crippen LogP contribution in [0.3, 0.4) is 0 Å². The summed E-state index contributed by atoms with van der Waals surface area (Å²) in [5, 5.41) is 2.94. The first-order chi connectivity index (χ1) is 13.9. The summed E-state index contributed by atoms with van der Waals surface area (Å²) >= 11 is 0. The van der Waals surface area contributed by atoms with Crippen molar-refractivity contribution in [2.75, 3.05) is 19.0 Å². The van der Waals surface area contributed by atoms with E-state index < -0.39 is 23.0 Å². The Kier molecular flexibility index (Phi) is 6.23. The van der Waals surface area contributed by atoms with Crippen LogP contribution in [0.5, 0.6) is 0 Å². The quantitative estimate of drug-likeness (QED) is 0.618. The van der Waals surface area contributed by atoms with Crippen molar-refractivity contribution < 1.29 is 13.9 Å². The Morgan fingerprint density at radius 1 is 1.14 bits per heavy atom.